The van der Waals surface area contributed by atoms with Crippen molar-refractivity contribution in [3.05, 3.63) is 64.7 Å². The maximum absolute atomic E-state index is 12.6. The molecule has 1 atom stereocenters. The van der Waals surface area contributed by atoms with Gasteiger partial charge in [0.2, 0.25) is 5.91 Å². The van der Waals surface area contributed by atoms with Gasteiger partial charge in [0.25, 0.3) is 0 Å². The van der Waals surface area contributed by atoms with Crippen molar-refractivity contribution in [2.75, 3.05) is 20.2 Å². The Kier molecular flexibility index (Phi) is 5.16. The molecular formula is C20H24N2O2. The van der Waals surface area contributed by atoms with Crippen LogP contribution < -0.4 is 15.4 Å². The standard InChI is InChI=1S/C20H24N2O2/c1-14-4-3-5-17-18(14)12-21-13-19(17)20(23)22-11-10-15-6-8-16(24-2)9-7-15/h3-9,19,21H,10-13H2,1-2H3,(H,22,23). The number of benzene rings is 2. The Bertz CT molecular complexity index is 710. The number of hydrogen-bond acceptors (Lipinski definition) is 3. The van der Waals surface area contributed by atoms with Crippen LogP contribution in [0.2, 0.25) is 0 Å². The summed E-state index contributed by atoms with van der Waals surface area (Å²) >= 11 is 0. The van der Waals surface area contributed by atoms with Crippen molar-refractivity contribution in [1.29, 1.82) is 0 Å². The number of hydrogen-bond donors (Lipinski definition) is 2. The monoisotopic (exact) mass is 324 g/mol. The maximum atomic E-state index is 12.6. The lowest BCUT2D eigenvalue weighted by Crippen LogP contribution is -2.39. The summed E-state index contributed by atoms with van der Waals surface area (Å²) in [6, 6.07) is 14.2. The molecule has 0 bridgehead atoms. The summed E-state index contributed by atoms with van der Waals surface area (Å²) in [5.41, 5.74) is 4.86. The Hall–Kier alpha value is -2.33. The zero-order chi connectivity index (χ0) is 16.9. The summed E-state index contributed by atoms with van der Waals surface area (Å²) < 4.78 is 5.16. The lowest BCUT2D eigenvalue weighted by Gasteiger charge is -2.27. The minimum absolute atomic E-state index is 0.0996. The normalized spacial score (nSPS) is 16.3. The number of aryl methyl sites for hydroxylation is 1. The second-order valence-corrected chi connectivity index (χ2v) is 6.22. The second kappa shape index (κ2) is 7.49. The predicted molar refractivity (Wildman–Crippen MR) is 95.3 cm³/mol. The summed E-state index contributed by atoms with van der Waals surface area (Å²) in [6.45, 7) is 4.29. The topological polar surface area (TPSA) is 50.4 Å². The summed E-state index contributed by atoms with van der Waals surface area (Å²) in [7, 11) is 1.66. The number of ether oxygens (including phenoxy) is 1. The average molecular weight is 324 g/mol. The first-order chi connectivity index (χ1) is 11.7. The molecule has 4 heteroatoms. The molecule has 2 aromatic carbocycles. The lowest BCUT2D eigenvalue weighted by atomic mass is 9.88. The molecule has 0 saturated carbocycles. The van der Waals surface area contributed by atoms with Crippen LogP contribution in [-0.2, 0) is 17.8 Å². The molecule has 2 aromatic rings. The molecule has 3 rings (SSSR count). The fourth-order valence-corrected chi connectivity index (χ4v) is 3.22. The smallest absolute Gasteiger partial charge is 0.228 e. The first-order valence-corrected chi connectivity index (χ1v) is 8.39. The second-order valence-electron chi connectivity index (χ2n) is 6.22. The van der Waals surface area contributed by atoms with Crippen molar-refractivity contribution >= 4 is 5.91 Å². The van der Waals surface area contributed by atoms with Crippen LogP contribution in [0.4, 0.5) is 0 Å². The van der Waals surface area contributed by atoms with Crippen LogP contribution in [0, 0.1) is 6.92 Å². The van der Waals surface area contributed by atoms with Crippen LogP contribution >= 0.6 is 0 Å². The fraction of sp³-hybridized carbons (Fsp3) is 0.350. The molecule has 2 N–H and O–H groups in total. The number of rotatable bonds is 5. The molecule has 24 heavy (non-hydrogen) atoms. The van der Waals surface area contributed by atoms with E-state index in [-0.39, 0.29) is 11.8 Å². The zero-order valence-corrected chi connectivity index (χ0v) is 14.3. The van der Waals surface area contributed by atoms with Gasteiger partial charge in [0, 0.05) is 19.6 Å². The maximum Gasteiger partial charge on any atom is 0.228 e. The van der Waals surface area contributed by atoms with Crippen LogP contribution in [0.3, 0.4) is 0 Å². The minimum Gasteiger partial charge on any atom is -0.497 e. The molecule has 0 saturated heterocycles. The Morgan fingerprint density at radius 2 is 2.04 bits per heavy atom. The highest BCUT2D eigenvalue weighted by Gasteiger charge is 2.26. The first kappa shape index (κ1) is 16.5. The van der Waals surface area contributed by atoms with E-state index >= 15 is 0 Å². The third-order valence-electron chi connectivity index (χ3n) is 4.66. The van der Waals surface area contributed by atoms with E-state index in [0.29, 0.717) is 13.1 Å². The summed E-state index contributed by atoms with van der Waals surface area (Å²) in [5, 5.41) is 6.44. The van der Waals surface area contributed by atoms with Crippen LogP contribution in [-0.4, -0.2) is 26.1 Å². The molecule has 1 amide bonds. The largest absolute Gasteiger partial charge is 0.497 e. The van der Waals surface area contributed by atoms with Crippen LogP contribution in [0.25, 0.3) is 0 Å². The highest BCUT2D eigenvalue weighted by molar-refractivity contribution is 5.84. The summed E-state index contributed by atoms with van der Waals surface area (Å²) in [5.74, 6) is 0.843. The van der Waals surface area contributed by atoms with Crippen molar-refractivity contribution in [2.24, 2.45) is 0 Å². The fourth-order valence-electron chi connectivity index (χ4n) is 3.22. The van der Waals surface area contributed by atoms with E-state index in [4.69, 9.17) is 4.74 Å². The molecule has 4 nitrogen and oxygen atoms in total. The van der Waals surface area contributed by atoms with Gasteiger partial charge in [-0.1, -0.05) is 30.3 Å². The van der Waals surface area contributed by atoms with Crippen molar-refractivity contribution in [2.45, 2.75) is 25.8 Å². The quantitative estimate of drug-likeness (QED) is 0.889. The number of methoxy groups -OCH3 is 1. The molecule has 1 aliphatic rings. The molecule has 0 spiro atoms. The molecular weight excluding hydrogens is 300 g/mol. The molecule has 1 unspecified atom stereocenters. The molecule has 1 aliphatic heterocycles. The van der Waals surface area contributed by atoms with Crippen molar-refractivity contribution in [1.82, 2.24) is 10.6 Å². The highest BCUT2D eigenvalue weighted by Crippen LogP contribution is 2.26. The van der Waals surface area contributed by atoms with E-state index in [1.165, 1.54) is 16.7 Å². The number of carbonyl (C=O) groups is 1. The van der Waals surface area contributed by atoms with Crippen LogP contribution in [0.1, 0.15) is 28.2 Å². The molecule has 126 valence electrons. The van der Waals surface area contributed by atoms with Gasteiger partial charge in [-0.05, 0) is 47.7 Å². The van der Waals surface area contributed by atoms with Gasteiger partial charge in [0.1, 0.15) is 5.75 Å². The van der Waals surface area contributed by atoms with Gasteiger partial charge < -0.3 is 15.4 Å². The van der Waals surface area contributed by atoms with E-state index in [2.05, 4.69) is 29.7 Å². The Labute approximate surface area is 143 Å². The van der Waals surface area contributed by atoms with E-state index in [9.17, 15) is 4.79 Å². The van der Waals surface area contributed by atoms with Crippen LogP contribution in [0.15, 0.2) is 42.5 Å². The molecule has 1 heterocycles. The van der Waals surface area contributed by atoms with E-state index in [1.54, 1.807) is 7.11 Å². The number of amides is 1. The van der Waals surface area contributed by atoms with Crippen molar-refractivity contribution in [3.8, 4) is 5.75 Å². The SMILES string of the molecule is COc1ccc(CCNC(=O)C2CNCc3c(C)cccc32)cc1. The van der Waals surface area contributed by atoms with E-state index < -0.39 is 0 Å². The third-order valence-corrected chi connectivity index (χ3v) is 4.66. The van der Waals surface area contributed by atoms with Gasteiger partial charge in [0.15, 0.2) is 0 Å². The molecule has 0 aliphatic carbocycles. The average Bonchev–Trinajstić information content (AvgIpc) is 2.62. The highest BCUT2D eigenvalue weighted by atomic mass is 16.5. The van der Waals surface area contributed by atoms with Gasteiger partial charge in [0.05, 0.1) is 13.0 Å². The Morgan fingerprint density at radius 3 is 2.79 bits per heavy atom. The van der Waals surface area contributed by atoms with Gasteiger partial charge in [-0.3, -0.25) is 4.79 Å². The Balaban J connectivity index is 1.59. The molecule has 0 aromatic heterocycles. The van der Waals surface area contributed by atoms with Crippen molar-refractivity contribution < 1.29 is 9.53 Å². The number of nitrogens with one attached hydrogen (secondary N) is 2. The number of carbonyl (C=O) groups excluding carboxylic acids is 1. The third kappa shape index (κ3) is 3.60. The van der Waals surface area contributed by atoms with E-state index in [1.807, 2.05) is 30.3 Å². The molecule has 0 fully saturated rings. The zero-order valence-electron chi connectivity index (χ0n) is 14.3. The van der Waals surface area contributed by atoms with Gasteiger partial charge in [-0.15, -0.1) is 0 Å². The van der Waals surface area contributed by atoms with Crippen LogP contribution in [0.5, 0.6) is 5.75 Å². The van der Waals surface area contributed by atoms with Gasteiger partial charge >= 0.3 is 0 Å². The van der Waals surface area contributed by atoms with E-state index in [0.717, 1.165) is 24.3 Å². The van der Waals surface area contributed by atoms with Gasteiger partial charge in [-0.25, -0.2) is 0 Å². The molecule has 0 radical (unpaired) electrons. The summed E-state index contributed by atoms with van der Waals surface area (Å²) in [4.78, 5) is 12.6. The lowest BCUT2D eigenvalue weighted by molar-refractivity contribution is -0.122. The summed E-state index contributed by atoms with van der Waals surface area (Å²) in [6.07, 6.45) is 0.816. The van der Waals surface area contributed by atoms with Crippen molar-refractivity contribution in [3.63, 3.8) is 0 Å². The predicted octanol–water partition coefficient (Wildman–Crippen LogP) is 2.55. The first-order valence-electron chi connectivity index (χ1n) is 8.39. The van der Waals surface area contributed by atoms with Gasteiger partial charge in [-0.2, -0.15) is 0 Å². The minimum atomic E-state index is -0.107. The number of fused-ring (bicyclic) bond motifs is 1. The Morgan fingerprint density at radius 1 is 1.25 bits per heavy atom.